The first-order chi connectivity index (χ1) is 15.0. The molecule has 0 unspecified atom stereocenters. The zero-order chi connectivity index (χ0) is 21.8. The maximum atomic E-state index is 12.5. The summed E-state index contributed by atoms with van der Waals surface area (Å²) >= 11 is 7.87. The monoisotopic (exact) mass is 459 g/mol. The maximum absolute atomic E-state index is 12.5. The van der Waals surface area contributed by atoms with Crippen molar-refractivity contribution in [2.75, 3.05) is 26.2 Å². The second-order valence-corrected chi connectivity index (χ2v) is 9.01. The van der Waals surface area contributed by atoms with Crippen LogP contribution in [0, 0.1) is 10.1 Å². The summed E-state index contributed by atoms with van der Waals surface area (Å²) in [5.74, 6) is 0.0529. The van der Waals surface area contributed by atoms with Crippen LogP contribution in [0.2, 0.25) is 5.02 Å². The van der Waals surface area contributed by atoms with E-state index in [-0.39, 0.29) is 18.0 Å². The average Bonchev–Trinajstić information content (AvgIpc) is 3.42. The minimum Gasteiger partial charge on any atom is -0.340 e. The lowest BCUT2D eigenvalue weighted by Crippen LogP contribution is -2.48. The molecule has 0 radical (unpaired) electrons. The first kappa shape index (κ1) is 21.5. The number of carbonyl (C=O) groups is 1. The fourth-order valence-corrected chi connectivity index (χ4v) is 4.81. The predicted molar refractivity (Wildman–Crippen MR) is 120 cm³/mol. The lowest BCUT2D eigenvalue weighted by Gasteiger charge is -2.34. The number of nitrogens with zero attached hydrogens (tertiary/aromatic N) is 5. The molecule has 0 aliphatic carbocycles. The fraction of sp³-hybridized carbons (Fsp3) is 0.333. The number of benzene rings is 1. The van der Waals surface area contributed by atoms with E-state index in [1.165, 1.54) is 26.8 Å². The van der Waals surface area contributed by atoms with Crippen molar-refractivity contribution >= 4 is 34.5 Å². The van der Waals surface area contributed by atoms with Gasteiger partial charge in [0.1, 0.15) is 12.4 Å². The number of nitro groups is 1. The van der Waals surface area contributed by atoms with E-state index in [2.05, 4.69) is 28.2 Å². The smallest absolute Gasteiger partial charge is 0.306 e. The molecule has 0 spiro atoms. The van der Waals surface area contributed by atoms with Crippen molar-refractivity contribution in [1.29, 1.82) is 0 Å². The molecular weight excluding hydrogens is 438 g/mol. The third-order valence-electron chi connectivity index (χ3n) is 5.26. The molecule has 0 atom stereocenters. The van der Waals surface area contributed by atoms with Gasteiger partial charge >= 0.3 is 5.69 Å². The van der Waals surface area contributed by atoms with Crippen molar-refractivity contribution in [1.82, 2.24) is 19.6 Å². The van der Waals surface area contributed by atoms with E-state index in [9.17, 15) is 14.9 Å². The summed E-state index contributed by atoms with van der Waals surface area (Å²) in [6.07, 6.45) is 2.84. The summed E-state index contributed by atoms with van der Waals surface area (Å²) in [7, 11) is 0. The van der Waals surface area contributed by atoms with Crippen molar-refractivity contribution in [2.24, 2.45) is 0 Å². The largest absolute Gasteiger partial charge is 0.340 e. The van der Waals surface area contributed by atoms with Gasteiger partial charge < -0.3 is 4.90 Å². The highest BCUT2D eigenvalue weighted by molar-refractivity contribution is 7.15. The Bertz CT molecular complexity index is 1070. The quantitative estimate of drug-likeness (QED) is 0.395. The Balaban J connectivity index is 1.24. The lowest BCUT2D eigenvalue weighted by molar-refractivity contribution is -0.385. The molecular formula is C21H22ClN5O3S. The van der Waals surface area contributed by atoms with Crippen LogP contribution in [0.5, 0.6) is 0 Å². The Morgan fingerprint density at radius 2 is 2.00 bits per heavy atom. The predicted octanol–water partition coefficient (Wildman–Crippen LogP) is 3.91. The number of thiophene rings is 1. The van der Waals surface area contributed by atoms with Gasteiger partial charge in [0, 0.05) is 60.5 Å². The Morgan fingerprint density at radius 3 is 2.71 bits per heavy atom. The molecule has 8 nitrogen and oxygen atoms in total. The second kappa shape index (κ2) is 9.59. The lowest BCUT2D eigenvalue weighted by atomic mass is 10.2. The van der Waals surface area contributed by atoms with Crippen LogP contribution >= 0.6 is 22.9 Å². The Hall–Kier alpha value is -2.75. The average molecular weight is 460 g/mol. The van der Waals surface area contributed by atoms with Crippen LogP contribution in [-0.4, -0.2) is 56.6 Å². The highest BCUT2D eigenvalue weighted by atomic mass is 35.5. The molecule has 10 heteroatoms. The topological polar surface area (TPSA) is 84.5 Å². The summed E-state index contributed by atoms with van der Waals surface area (Å²) in [6.45, 7) is 4.22. The van der Waals surface area contributed by atoms with E-state index in [1.54, 1.807) is 11.3 Å². The molecule has 1 aliphatic rings. The summed E-state index contributed by atoms with van der Waals surface area (Å²) < 4.78 is 1.45. The van der Waals surface area contributed by atoms with Crippen molar-refractivity contribution in [2.45, 2.75) is 19.5 Å². The van der Waals surface area contributed by atoms with Gasteiger partial charge in [0.2, 0.25) is 5.91 Å². The van der Waals surface area contributed by atoms with Gasteiger partial charge in [-0.2, -0.15) is 5.10 Å². The van der Waals surface area contributed by atoms with Crippen molar-refractivity contribution in [3.63, 3.8) is 0 Å². The van der Waals surface area contributed by atoms with Gasteiger partial charge in [0.15, 0.2) is 0 Å². The first-order valence-electron chi connectivity index (χ1n) is 9.99. The van der Waals surface area contributed by atoms with E-state index in [0.29, 0.717) is 19.6 Å². The molecule has 3 aromatic rings. The number of amides is 1. The van der Waals surface area contributed by atoms with Crippen LogP contribution in [0.25, 0.3) is 10.4 Å². The molecule has 2 aromatic heterocycles. The second-order valence-electron chi connectivity index (χ2n) is 7.40. The minimum absolute atomic E-state index is 0.0529. The van der Waals surface area contributed by atoms with E-state index in [1.807, 2.05) is 23.1 Å². The van der Waals surface area contributed by atoms with Crippen molar-refractivity contribution in [3.8, 4) is 10.4 Å². The van der Waals surface area contributed by atoms with Crippen LogP contribution < -0.4 is 0 Å². The number of hydrogen-bond acceptors (Lipinski definition) is 6. The zero-order valence-corrected chi connectivity index (χ0v) is 18.4. The van der Waals surface area contributed by atoms with Crippen LogP contribution in [0.15, 0.2) is 48.8 Å². The number of carbonyl (C=O) groups excluding carboxylic acids is 1. The summed E-state index contributed by atoms with van der Waals surface area (Å²) in [6, 6.07) is 12.2. The van der Waals surface area contributed by atoms with Gasteiger partial charge in [0.25, 0.3) is 0 Å². The SMILES string of the molecule is O=C(CCn1cc([N+](=O)[O-])cn1)N1CCN(Cc2ccc(-c3cccc(Cl)c3)s2)CC1. The number of rotatable bonds is 7. The summed E-state index contributed by atoms with van der Waals surface area (Å²) in [5, 5.41) is 15.4. The van der Waals surface area contributed by atoms with Crippen LogP contribution in [0.1, 0.15) is 11.3 Å². The normalized spacial score (nSPS) is 14.7. The third-order valence-corrected chi connectivity index (χ3v) is 6.61. The van der Waals surface area contributed by atoms with Gasteiger partial charge in [-0.15, -0.1) is 11.3 Å². The Labute approximate surface area is 188 Å². The van der Waals surface area contributed by atoms with Gasteiger partial charge in [-0.25, -0.2) is 0 Å². The molecule has 0 bridgehead atoms. The molecule has 0 saturated carbocycles. The van der Waals surface area contributed by atoms with Gasteiger partial charge in [-0.05, 0) is 29.8 Å². The molecule has 31 heavy (non-hydrogen) atoms. The molecule has 4 rings (SSSR count). The van der Waals surface area contributed by atoms with Gasteiger partial charge in [-0.3, -0.25) is 24.5 Å². The summed E-state index contributed by atoms with van der Waals surface area (Å²) in [4.78, 5) is 29.4. The maximum Gasteiger partial charge on any atom is 0.306 e. The van der Waals surface area contributed by atoms with E-state index < -0.39 is 4.92 Å². The van der Waals surface area contributed by atoms with E-state index >= 15 is 0 Å². The fourth-order valence-electron chi connectivity index (χ4n) is 3.57. The van der Waals surface area contributed by atoms with Crippen LogP contribution in [0.3, 0.4) is 0 Å². The third kappa shape index (κ3) is 5.49. The van der Waals surface area contributed by atoms with Crippen molar-refractivity contribution in [3.05, 3.63) is 68.8 Å². The van der Waals surface area contributed by atoms with E-state index in [4.69, 9.17) is 11.6 Å². The van der Waals surface area contributed by atoms with Crippen molar-refractivity contribution < 1.29 is 9.72 Å². The van der Waals surface area contributed by atoms with Crippen LogP contribution in [0.4, 0.5) is 5.69 Å². The molecule has 1 fully saturated rings. The van der Waals surface area contributed by atoms with E-state index in [0.717, 1.165) is 30.2 Å². The molecule has 1 saturated heterocycles. The number of aryl methyl sites for hydroxylation is 1. The number of piperazine rings is 1. The number of aromatic nitrogens is 2. The number of halogens is 1. The highest BCUT2D eigenvalue weighted by Gasteiger charge is 2.21. The molecule has 1 aliphatic heterocycles. The Morgan fingerprint density at radius 1 is 1.19 bits per heavy atom. The molecule has 3 heterocycles. The highest BCUT2D eigenvalue weighted by Crippen LogP contribution is 2.30. The minimum atomic E-state index is -0.490. The van der Waals surface area contributed by atoms with Gasteiger partial charge in [-0.1, -0.05) is 23.7 Å². The summed E-state index contributed by atoms with van der Waals surface area (Å²) in [5.41, 5.74) is 1.06. The zero-order valence-electron chi connectivity index (χ0n) is 16.8. The number of hydrogen-bond donors (Lipinski definition) is 0. The molecule has 1 aromatic carbocycles. The first-order valence-corrected chi connectivity index (χ1v) is 11.2. The van der Waals surface area contributed by atoms with Crippen LogP contribution in [-0.2, 0) is 17.9 Å². The standard InChI is InChI=1S/C21H22ClN5O3S/c22-17-3-1-2-16(12-17)20-5-4-19(31-20)15-24-8-10-25(11-9-24)21(28)6-7-26-14-18(13-23-26)27(29)30/h1-5,12-14H,6-11,15H2. The molecule has 162 valence electrons. The molecule has 0 N–H and O–H groups in total. The Kier molecular flexibility index (Phi) is 6.64. The van der Waals surface area contributed by atoms with Gasteiger partial charge in [0.05, 0.1) is 4.92 Å². The molecule has 1 amide bonds.